The highest BCUT2D eigenvalue weighted by Gasteiger charge is 2.13. The van der Waals surface area contributed by atoms with Crippen molar-refractivity contribution in [3.8, 4) is 0 Å². The molecule has 1 aliphatic rings. The number of carbonyl (C=O) groups is 1. The number of nitrogens with one attached hydrogen (secondary N) is 1. The molecule has 0 amide bonds. The van der Waals surface area contributed by atoms with Crippen LogP contribution in [0, 0.1) is 0 Å². The number of hydrogen-bond donors (Lipinski definition) is 1. The molecule has 20 heavy (non-hydrogen) atoms. The lowest BCUT2D eigenvalue weighted by Gasteiger charge is -2.17. The Kier molecular flexibility index (Phi) is 3.48. The van der Waals surface area contributed by atoms with Crippen molar-refractivity contribution in [1.29, 1.82) is 0 Å². The monoisotopic (exact) mass is 268 g/mol. The lowest BCUT2D eigenvalue weighted by molar-refractivity contribution is 0.0970. The third kappa shape index (κ3) is 2.56. The summed E-state index contributed by atoms with van der Waals surface area (Å²) in [6.07, 6.45) is 2.64. The van der Waals surface area contributed by atoms with E-state index in [9.17, 15) is 9.59 Å². The van der Waals surface area contributed by atoms with Gasteiger partial charge < -0.3 is 9.88 Å². The Hall–Kier alpha value is -2.20. The highest BCUT2D eigenvalue weighted by molar-refractivity contribution is 5.96. The molecular formula is C16H16N2O2. The standard InChI is InChI=1S/C16H16N2O2/c19-15(11-18-8-2-1-3-16(18)20)13-5-4-12-6-7-17-10-14(12)9-13/h1-5,8-9,17H,6-7,10-11H2. The van der Waals surface area contributed by atoms with Crippen molar-refractivity contribution in [3.05, 3.63) is 69.6 Å². The Balaban J connectivity index is 1.84. The maximum Gasteiger partial charge on any atom is 0.250 e. The lowest BCUT2D eigenvalue weighted by Crippen LogP contribution is -2.25. The minimum Gasteiger partial charge on any atom is -0.312 e. The van der Waals surface area contributed by atoms with E-state index in [-0.39, 0.29) is 17.9 Å². The van der Waals surface area contributed by atoms with E-state index in [2.05, 4.69) is 5.32 Å². The third-order valence-corrected chi connectivity index (χ3v) is 3.63. The van der Waals surface area contributed by atoms with Gasteiger partial charge in [0.1, 0.15) is 0 Å². The molecule has 2 heterocycles. The van der Waals surface area contributed by atoms with E-state index in [4.69, 9.17) is 0 Å². The van der Waals surface area contributed by atoms with E-state index < -0.39 is 0 Å². The quantitative estimate of drug-likeness (QED) is 0.856. The number of nitrogens with zero attached hydrogens (tertiary/aromatic N) is 1. The lowest BCUT2D eigenvalue weighted by atomic mass is 9.97. The van der Waals surface area contributed by atoms with Gasteiger partial charge in [-0.15, -0.1) is 0 Å². The third-order valence-electron chi connectivity index (χ3n) is 3.63. The molecule has 0 saturated carbocycles. The first-order chi connectivity index (χ1) is 9.74. The van der Waals surface area contributed by atoms with Crippen molar-refractivity contribution in [2.24, 2.45) is 0 Å². The summed E-state index contributed by atoms with van der Waals surface area (Å²) < 4.78 is 1.43. The van der Waals surface area contributed by atoms with Crippen LogP contribution >= 0.6 is 0 Å². The smallest absolute Gasteiger partial charge is 0.250 e. The fourth-order valence-corrected chi connectivity index (χ4v) is 2.49. The van der Waals surface area contributed by atoms with Gasteiger partial charge in [-0.1, -0.05) is 18.2 Å². The predicted octanol–water partition coefficient (Wildman–Crippen LogP) is 1.38. The summed E-state index contributed by atoms with van der Waals surface area (Å²) in [4.78, 5) is 23.9. The van der Waals surface area contributed by atoms with Crippen LogP contribution in [-0.2, 0) is 19.5 Å². The molecule has 0 atom stereocenters. The van der Waals surface area contributed by atoms with Gasteiger partial charge in [-0.25, -0.2) is 0 Å². The Morgan fingerprint density at radius 3 is 2.95 bits per heavy atom. The zero-order valence-corrected chi connectivity index (χ0v) is 11.1. The van der Waals surface area contributed by atoms with Gasteiger partial charge in [0.2, 0.25) is 0 Å². The number of aromatic nitrogens is 1. The van der Waals surface area contributed by atoms with Crippen molar-refractivity contribution >= 4 is 5.78 Å². The molecular weight excluding hydrogens is 252 g/mol. The molecule has 0 fully saturated rings. The number of pyridine rings is 1. The van der Waals surface area contributed by atoms with E-state index >= 15 is 0 Å². The normalized spacial score (nSPS) is 13.8. The van der Waals surface area contributed by atoms with Crippen LogP contribution in [0.2, 0.25) is 0 Å². The average Bonchev–Trinajstić information content (AvgIpc) is 2.49. The predicted molar refractivity (Wildman–Crippen MR) is 76.9 cm³/mol. The first-order valence-electron chi connectivity index (χ1n) is 6.75. The summed E-state index contributed by atoms with van der Waals surface area (Å²) in [5.41, 5.74) is 3.00. The number of hydrogen-bond acceptors (Lipinski definition) is 3. The van der Waals surface area contributed by atoms with Crippen molar-refractivity contribution in [3.63, 3.8) is 0 Å². The van der Waals surface area contributed by atoms with Gasteiger partial charge in [-0.05, 0) is 36.2 Å². The molecule has 1 aromatic carbocycles. The SMILES string of the molecule is O=C(Cn1ccccc1=O)c1ccc2c(c1)CNCC2. The van der Waals surface area contributed by atoms with Gasteiger partial charge in [-0.3, -0.25) is 9.59 Å². The summed E-state index contributed by atoms with van der Waals surface area (Å²) in [7, 11) is 0. The zero-order chi connectivity index (χ0) is 13.9. The Labute approximate surface area is 117 Å². The summed E-state index contributed by atoms with van der Waals surface area (Å²) in [6.45, 7) is 1.88. The first-order valence-corrected chi connectivity index (χ1v) is 6.75. The van der Waals surface area contributed by atoms with Crippen LogP contribution in [0.1, 0.15) is 21.5 Å². The van der Waals surface area contributed by atoms with Gasteiger partial charge in [0.15, 0.2) is 5.78 Å². The van der Waals surface area contributed by atoms with Crippen molar-refractivity contribution in [2.45, 2.75) is 19.5 Å². The summed E-state index contributed by atoms with van der Waals surface area (Å²) in [5.74, 6) is -0.0355. The minimum atomic E-state index is -0.152. The van der Waals surface area contributed by atoms with Crippen molar-refractivity contribution in [2.75, 3.05) is 6.54 Å². The largest absolute Gasteiger partial charge is 0.312 e. The van der Waals surface area contributed by atoms with Gasteiger partial charge in [0.05, 0.1) is 6.54 Å². The highest BCUT2D eigenvalue weighted by atomic mass is 16.1. The van der Waals surface area contributed by atoms with E-state index in [0.29, 0.717) is 5.56 Å². The zero-order valence-electron chi connectivity index (χ0n) is 11.1. The molecule has 0 spiro atoms. The summed E-state index contributed by atoms with van der Waals surface area (Å²) >= 11 is 0. The van der Waals surface area contributed by atoms with Crippen LogP contribution in [0.5, 0.6) is 0 Å². The van der Waals surface area contributed by atoms with Crippen molar-refractivity contribution in [1.82, 2.24) is 9.88 Å². The maximum atomic E-state index is 12.3. The summed E-state index contributed by atoms with van der Waals surface area (Å²) in [5, 5.41) is 3.30. The Morgan fingerprint density at radius 1 is 1.20 bits per heavy atom. The number of benzene rings is 1. The highest BCUT2D eigenvalue weighted by Crippen LogP contribution is 2.16. The van der Waals surface area contributed by atoms with Gasteiger partial charge in [0.25, 0.3) is 5.56 Å². The number of rotatable bonds is 3. The maximum absolute atomic E-state index is 12.3. The molecule has 2 aromatic rings. The van der Waals surface area contributed by atoms with Crippen LogP contribution in [-0.4, -0.2) is 16.9 Å². The molecule has 4 nitrogen and oxygen atoms in total. The molecule has 0 bridgehead atoms. The molecule has 1 aromatic heterocycles. The molecule has 0 aliphatic carbocycles. The molecule has 4 heteroatoms. The topological polar surface area (TPSA) is 51.1 Å². The van der Waals surface area contributed by atoms with Crippen LogP contribution in [0.3, 0.4) is 0 Å². The number of fused-ring (bicyclic) bond motifs is 1. The molecule has 0 radical (unpaired) electrons. The molecule has 102 valence electrons. The van der Waals surface area contributed by atoms with Crippen LogP contribution in [0.15, 0.2) is 47.4 Å². The van der Waals surface area contributed by atoms with E-state index in [1.54, 1.807) is 18.3 Å². The van der Waals surface area contributed by atoms with Crippen molar-refractivity contribution < 1.29 is 4.79 Å². The molecule has 1 aliphatic heterocycles. The molecule has 0 saturated heterocycles. The second-order valence-electron chi connectivity index (χ2n) is 5.00. The fourth-order valence-electron chi connectivity index (χ4n) is 2.49. The Morgan fingerprint density at radius 2 is 2.10 bits per heavy atom. The van der Waals surface area contributed by atoms with E-state index in [1.165, 1.54) is 21.8 Å². The Bertz CT molecular complexity index is 704. The van der Waals surface area contributed by atoms with Crippen LogP contribution in [0.4, 0.5) is 0 Å². The fraction of sp³-hybridized carbons (Fsp3) is 0.250. The van der Waals surface area contributed by atoms with Crippen LogP contribution in [0.25, 0.3) is 0 Å². The molecule has 0 unspecified atom stereocenters. The first kappa shape index (κ1) is 12.8. The summed E-state index contributed by atoms with van der Waals surface area (Å²) in [6, 6.07) is 10.7. The van der Waals surface area contributed by atoms with E-state index in [0.717, 1.165) is 19.5 Å². The van der Waals surface area contributed by atoms with Gasteiger partial charge in [-0.2, -0.15) is 0 Å². The molecule has 1 N–H and O–H groups in total. The van der Waals surface area contributed by atoms with E-state index in [1.807, 2.05) is 18.2 Å². The number of carbonyl (C=O) groups excluding carboxylic acids is 1. The number of Topliss-reactive ketones (excluding diaryl/α,β-unsaturated/α-hetero) is 1. The van der Waals surface area contributed by atoms with Crippen LogP contribution < -0.4 is 10.9 Å². The number of ketones is 1. The second kappa shape index (κ2) is 5.43. The van der Waals surface area contributed by atoms with Gasteiger partial charge >= 0.3 is 0 Å². The average molecular weight is 268 g/mol. The molecule has 3 rings (SSSR count). The second-order valence-corrected chi connectivity index (χ2v) is 5.00. The minimum absolute atomic E-state index is 0.0355. The van der Waals surface area contributed by atoms with Gasteiger partial charge in [0, 0.05) is 24.4 Å².